The zero-order valence-corrected chi connectivity index (χ0v) is 29.9. The molecule has 4 aromatic carbocycles. The molecule has 1 aliphatic rings. The highest BCUT2D eigenvalue weighted by Gasteiger charge is 2.33. The van der Waals surface area contributed by atoms with E-state index >= 15 is 0 Å². The molecular formula is C37H40N6O6S2. The van der Waals surface area contributed by atoms with Crippen molar-refractivity contribution in [3.05, 3.63) is 137 Å². The van der Waals surface area contributed by atoms with Crippen LogP contribution in [0.15, 0.2) is 113 Å². The Labute approximate surface area is 301 Å². The monoisotopic (exact) mass is 728 g/mol. The number of aliphatic hydroxyl groups is 1. The van der Waals surface area contributed by atoms with Crippen LogP contribution in [-0.4, -0.2) is 57.5 Å². The van der Waals surface area contributed by atoms with Gasteiger partial charge in [0.05, 0.1) is 23.7 Å². The molecule has 1 fully saturated rings. The lowest BCUT2D eigenvalue weighted by Gasteiger charge is -2.36. The van der Waals surface area contributed by atoms with Crippen molar-refractivity contribution in [2.24, 2.45) is 7.05 Å². The largest absolute Gasteiger partial charge is 0.392 e. The predicted octanol–water partition coefficient (Wildman–Crippen LogP) is 4.55. The van der Waals surface area contributed by atoms with Gasteiger partial charge in [-0.2, -0.15) is 4.72 Å². The average Bonchev–Trinajstić information content (AvgIpc) is 3.57. The third-order valence-electron chi connectivity index (χ3n) is 8.54. The molecule has 2 heterocycles. The Kier molecular flexibility index (Phi) is 11.9. The summed E-state index contributed by atoms with van der Waals surface area (Å²) >= 11 is 1.51. The van der Waals surface area contributed by atoms with E-state index in [0.717, 1.165) is 33.4 Å². The number of aromatic nitrogens is 4. The summed E-state index contributed by atoms with van der Waals surface area (Å²) in [7, 11) is -2.17. The number of thioether (sulfide) groups is 1. The molecule has 51 heavy (non-hydrogen) atoms. The second kappa shape index (κ2) is 16.7. The van der Waals surface area contributed by atoms with Gasteiger partial charge >= 0.3 is 0 Å². The number of aliphatic hydroxyl groups excluding tert-OH is 1. The lowest BCUT2D eigenvalue weighted by atomic mass is 10.0. The molecule has 1 aliphatic heterocycles. The van der Waals surface area contributed by atoms with Crippen LogP contribution in [0.3, 0.4) is 0 Å². The smallest absolute Gasteiger partial charge is 0.241 e. The molecule has 0 aliphatic carbocycles. The minimum atomic E-state index is -3.96. The highest BCUT2D eigenvalue weighted by molar-refractivity contribution is 7.99. The fourth-order valence-electron chi connectivity index (χ4n) is 5.65. The number of tetrazole rings is 1. The number of benzene rings is 4. The van der Waals surface area contributed by atoms with Crippen LogP contribution in [0.4, 0.5) is 0 Å². The number of rotatable bonds is 14. The minimum absolute atomic E-state index is 0.0356. The summed E-state index contributed by atoms with van der Waals surface area (Å²) < 4.78 is 43.6. The number of ether oxygens (including phenoxy) is 2. The molecule has 266 valence electrons. The van der Waals surface area contributed by atoms with E-state index in [1.165, 1.54) is 23.9 Å². The molecule has 12 nitrogen and oxygen atoms in total. The van der Waals surface area contributed by atoms with E-state index in [-0.39, 0.29) is 36.7 Å². The molecule has 4 atom stereocenters. The normalized spacial score (nSPS) is 18.3. The lowest BCUT2D eigenvalue weighted by Crippen LogP contribution is -2.47. The number of sulfonamides is 1. The van der Waals surface area contributed by atoms with E-state index < -0.39 is 28.3 Å². The molecule has 0 saturated carbocycles. The van der Waals surface area contributed by atoms with Gasteiger partial charge < -0.3 is 19.9 Å². The number of nitrogens with one attached hydrogen (secondary N) is 2. The second-order valence-corrected chi connectivity index (χ2v) is 15.1. The van der Waals surface area contributed by atoms with E-state index in [1.807, 2.05) is 85.8 Å². The van der Waals surface area contributed by atoms with Gasteiger partial charge in [0.1, 0.15) is 6.04 Å². The number of nitrogens with zero attached hydrogens (tertiary/aromatic N) is 4. The Morgan fingerprint density at radius 3 is 2.27 bits per heavy atom. The van der Waals surface area contributed by atoms with E-state index in [9.17, 15) is 18.3 Å². The fourth-order valence-corrected chi connectivity index (χ4v) is 7.71. The molecule has 6 rings (SSSR count). The van der Waals surface area contributed by atoms with Crippen LogP contribution in [0.5, 0.6) is 0 Å². The van der Waals surface area contributed by atoms with Crippen molar-refractivity contribution in [1.82, 2.24) is 30.2 Å². The van der Waals surface area contributed by atoms with Gasteiger partial charge in [-0.1, -0.05) is 108 Å². The first-order chi connectivity index (χ1) is 24.7. The van der Waals surface area contributed by atoms with Gasteiger partial charge in [0.2, 0.25) is 21.1 Å². The molecule has 14 heteroatoms. The van der Waals surface area contributed by atoms with Crippen LogP contribution in [0.25, 0.3) is 0 Å². The van der Waals surface area contributed by atoms with Gasteiger partial charge in [0.15, 0.2) is 6.29 Å². The number of amides is 1. The highest BCUT2D eigenvalue weighted by atomic mass is 32.2. The van der Waals surface area contributed by atoms with Gasteiger partial charge in [-0.05, 0) is 58.2 Å². The Balaban J connectivity index is 1.13. The Hall–Kier alpha value is -4.44. The number of hydrogen-bond donors (Lipinski definition) is 3. The first-order valence-corrected chi connectivity index (χ1v) is 19.0. The molecule has 5 aromatic rings. The molecule has 1 saturated heterocycles. The van der Waals surface area contributed by atoms with Gasteiger partial charge in [-0.25, -0.2) is 13.1 Å². The van der Waals surface area contributed by atoms with Crippen LogP contribution in [0.2, 0.25) is 0 Å². The third kappa shape index (κ3) is 9.67. The first-order valence-electron chi connectivity index (χ1n) is 16.5. The maximum atomic E-state index is 13.5. The van der Waals surface area contributed by atoms with Crippen molar-refractivity contribution in [3.8, 4) is 0 Å². The summed E-state index contributed by atoms with van der Waals surface area (Å²) in [5.41, 5.74) is 5.20. The molecule has 0 radical (unpaired) electrons. The van der Waals surface area contributed by atoms with Crippen molar-refractivity contribution >= 4 is 27.7 Å². The van der Waals surface area contributed by atoms with E-state index in [4.69, 9.17) is 9.47 Å². The third-order valence-corrected chi connectivity index (χ3v) is 11.2. The van der Waals surface area contributed by atoms with Gasteiger partial charge in [0.25, 0.3) is 0 Å². The van der Waals surface area contributed by atoms with E-state index in [2.05, 4.69) is 25.6 Å². The minimum Gasteiger partial charge on any atom is -0.392 e. The van der Waals surface area contributed by atoms with Crippen LogP contribution in [0, 0.1) is 6.92 Å². The van der Waals surface area contributed by atoms with Crippen LogP contribution in [-0.2, 0) is 50.9 Å². The molecule has 0 spiro atoms. The highest BCUT2D eigenvalue weighted by Crippen LogP contribution is 2.39. The molecule has 0 bridgehead atoms. The molecule has 1 aromatic heterocycles. The number of hydrogen-bond acceptors (Lipinski definition) is 10. The number of carbonyl (C=O) groups is 1. The van der Waals surface area contributed by atoms with E-state index in [0.29, 0.717) is 17.3 Å². The van der Waals surface area contributed by atoms with Crippen molar-refractivity contribution in [3.63, 3.8) is 0 Å². The predicted molar refractivity (Wildman–Crippen MR) is 192 cm³/mol. The maximum Gasteiger partial charge on any atom is 0.241 e. The summed E-state index contributed by atoms with van der Waals surface area (Å²) in [5.74, 6) is 0.174. The zero-order valence-electron chi connectivity index (χ0n) is 28.3. The zero-order chi connectivity index (χ0) is 35.8. The van der Waals surface area contributed by atoms with Crippen molar-refractivity contribution < 1.29 is 27.8 Å². The van der Waals surface area contributed by atoms with Gasteiger partial charge in [0, 0.05) is 31.3 Å². The topological polar surface area (TPSA) is 158 Å². The number of carbonyl (C=O) groups excluding carboxylic acids is 1. The maximum absolute atomic E-state index is 13.5. The van der Waals surface area contributed by atoms with Crippen molar-refractivity contribution in [2.45, 2.75) is 67.5 Å². The van der Waals surface area contributed by atoms with Crippen molar-refractivity contribution in [2.75, 3.05) is 5.75 Å². The SMILES string of the molecule is Cc1ccc(S(=O)(=O)N[C@H](Cc2ccccc2)C(=O)NCc2ccc(C3O[C@H](CSc4nnnn4C)C[C@H](c4ccc(CO)cc4)O3)cc2)cc1. The molecular weight excluding hydrogens is 689 g/mol. The van der Waals surface area contributed by atoms with E-state index in [1.54, 1.807) is 23.9 Å². The van der Waals surface area contributed by atoms with Gasteiger partial charge in [-0.15, -0.1) is 5.10 Å². The van der Waals surface area contributed by atoms with Crippen molar-refractivity contribution in [1.29, 1.82) is 0 Å². The lowest BCUT2D eigenvalue weighted by molar-refractivity contribution is -0.245. The second-order valence-electron chi connectivity index (χ2n) is 12.4. The average molecular weight is 729 g/mol. The Morgan fingerprint density at radius 1 is 0.922 bits per heavy atom. The fraction of sp³-hybridized carbons (Fsp3) is 0.297. The molecule has 1 unspecified atom stereocenters. The first kappa shape index (κ1) is 36.4. The summed E-state index contributed by atoms with van der Waals surface area (Å²) in [6.07, 6.45) is -0.265. The molecule has 1 amide bonds. The Bertz CT molecular complexity index is 1990. The summed E-state index contributed by atoms with van der Waals surface area (Å²) in [4.78, 5) is 13.6. The van der Waals surface area contributed by atoms with Crippen LogP contribution >= 0.6 is 11.8 Å². The standard InChI is InChI=1S/C37H40N6O6S2/c1-25-8-18-32(19-9-25)51(46,47)40-33(20-26-6-4-3-5-7-26)35(45)38-22-27-10-16-30(17-11-27)36-48-31(24-50-37-39-41-42-43(37)2)21-34(49-36)29-14-12-28(23-44)13-15-29/h3-19,31,33-34,36,40,44H,20-24H2,1-2H3,(H,38,45)/t31-,33+,34+,36?/m0/s1. The number of aryl methyl sites for hydroxylation is 2. The summed E-state index contributed by atoms with van der Waals surface area (Å²) in [6, 6.07) is 30.1. The summed E-state index contributed by atoms with van der Waals surface area (Å²) in [5, 5.41) is 24.8. The van der Waals surface area contributed by atoms with Crippen LogP contribution in [0.1, 0.15) is 52.2 Å². The summed E-state index contributed by atoms with van der Waals surface area (Å²) in [6.45, 7) is 2.03. The quantitative estimate of drug-likeness (QED) is 0.139. The molecule has 3 N–H and O–H groups in total. The van der Waals surface area contributed by atoms with Gasteiger partial charge in [-0.3, -0.25) is 4.79 Å². The Morgan fingerprint density at radius 2 is 1.61 bits per heavy atom. The van der Waals surface area contributed by atoms with Crippen LogP contribution < -0.4 is 10.0 Å².